The monoisotopic (exact) mass is 571 g/mol. The Morgan fingerprint density at radius 2 is 1.74 bits per heavy atom. The summed E-state index contributed by atoms with van der Waals surface area (Å²) in [6.45, 7) is 11.8. The maximum absolute atomic E-state index is 14.9. The number of hydrogen-bond donors (Lipinski definition) is 1. The molecule has 5 rings (SSSR count). The molecular weight excluding hydrogens is 530 g/mol. The molecule has 3 amide bonds. The Kier molecular flexibility index (Phi) is 8.39. The number of aliphatic hydroxyl groups excluding tert-OH is 1. The highest BCUT2D eigenvalue weighted by Gasteiger charge is 2.75. The lowest BCUT2D eigenvalue weighted by Gasteiger charge is -2.40. The van der Waals surface area contributed by atoms with Gasteiger partial charge in [0.2, 0.25) is 11.8 Å². The third kappa shape index (κ3) is 4.76. The predicted molar refractivity (Wildman–Crippen MR) is 162 cm³/mol. The average Bonchev–Trinajstić information content (AvgIpc) is 3.62. The van der Waals surface area contributed by atoms with Crippen LogP contribution in [0.25, 0.3) is 0 Å². The van der Waals surface area contributed by atoms with E-state index in [2.05, 4.69) is 13.2 Å². The molecule has 3 aliphatic rings. The quantitative estimate of drug-likeness (QED) is 0.418. The van der Waals surface area contributed by atoms with Crippen molar-refractivity contribution in [3.8, 4) is 0 Å². The standard InChI is InChI=1S/C34H41N3O5/c1-6-18-35(5)31(39)27-26-16-17-34(42-26)28(27)32(40)37(25(21-38)20-24-14-9-8-10-15-24)30(34)33(41)36(19-7-2)29-22(3)12-11-13-23(29)4/h6-15,25-28,30,38H,1-2,16-21H2,3-5H3/t25-,26+,27-,28+,30?,34?/m1/s1. The summed E-state index contributed by atoms with van der Waals surface area (Å²) in [7, 11) is 1.70. The van der Waals surface area contributed by atoms with Crippen LogP contribution in [0, 0.1) is 25.7 Å². The second-order valence-corrected chi connectivity index (χ2v) is 11.8. The van der Waals surface area contributed by atoms with E-state index in [1.165, 1.54) is 0 Å². The van der Waals surface area contributed by atoms with Gasteiger partial charge in [0.25, 0.3) is 5.91 Å². The van der Waals surface area contributed by atoms with E-state index in [1.54, 1.807) is 33.9 Å². The highest BCUT2D eigenvalue weighted by Crippen LogP contribution is 2.59. The van der Waals surface area contributed by atoms with Gasteiger partial charge in [-0.05, 0) is 49.8 Å². The normalized spacial score (nSPS) is 26.6. The van der Waals surface area contributed by atoms with E-state index in [-0.39, 0.29) is 30.9 Å². The number of aliphatic hydroxyl groups is 1. The number of likely N-dealkylation sites (N-methyl/N-ethyl adjacent to an activating group) is 1. The molecule has 2 aromatic rings. The van der Waals surface area contributed by atoms with E-state index in [0.717, 1.165) is 22.4 Å². The van der Waals surface area contributed by atoms with Gasteiger partial charge in [-0.1, -0.05) is 60.7 Å². The number of aryl methyl sites for hydroxylation is 2. The lowest BCUT2D eigenvalue weighted by atomic mass is 9.70. The zero-order valence-corrected chi connectivity index (χ0v) is 24.7. The van der Waals surface area contributed by atoms with Gasteiger partial charge in [0.1, 0.15) is 11.6 Å². The minimum Gasteiger partial charge on any atom is -0.394 e. The molecule has 0 aliphatic carbocycles. The van der Waals surface area contributed by atoms with Crippen LogP contribution >= 0.6 is 0 Å². The molecule has 0 radical (unpaired) electrons. The molecule has 2 aromatic carbocycles. The highest BCUT2D eigenvalue weighted by atomic mass is 16.5. The van der Waals surface area contributed by atoms with Crippen LogP contribution in [-0.2, 0) is 25.5 Å². The Morgan fingerprint density at radius 3 is 2.36 bits per heavy atom. The van der Waals surface area contributed by atoms with E-state index in [9.17, 15) is 19.5 Å². The van der Waals surface area contributed by atoms with E-state index in [0.29, 0.717) is 25.8 Å². The van der Waals surface area contributed by atoms with Gasteiger partial charge in [0.15, 0.2) is 0 Å². The summed E-state index contributed by atoms with van der Waals surface area (Å²) in [4.78, 5) is 48.0. The van der Waals surface area contributed by atoms with E-state index in [4.69, 9.17) is 4.74 Å². The Bertz CT molecular complexity index is 1360. The van der Waals surface area contributed by atoms with Gasteiger partial charge < -0.3 is 24.5 Å². The molecule has 3 fully saturated rings. The summed E-state index contributed by atoms with van der Waals surface area (Å²) < 4.78 is 6.66. The maximum Gasteiger partial charge on any atom is 0.253 e. The summed E-state index contributed by atoms with van der Waals surface area (Å²) in [5, 5.41) is 10.7. The fourth-order valence-electron chi connectivity index (χ4n) is 7.52. The van der Waals surface area contributed by atoms with Crippen molar-refractivity contribution in [1.82, 2.24) is 9.80 Å². The number of benzene rings is 2. The van der Waals surface area contributed by atoms with E-state index in [1.807, 2.05) is 62.4 Å². The maximum atomic E-state index is 14.9. The number of likely N-dealkylation sites (tertiary alicyclic amines) is 1. The number of amides is 3. The third-order valence-electron chi connectivity index (χ3n) is 9.24. The number of ether oxygens (including phenoxy) is 1. The van der Waals surface area contributed by atoms with Gasteiger partial charge in [-0.25, -0.2) is 0 Å². The Labute approximate surface area is 248 Å². The van der Waals surface area contributed by atoms with Crippen LogP contribution in [0.5, 0.6) is 0 Å². The van der Waals surface area contributed by atoms with Crippen LogP contribution in [0.3, 0.4) is 0 Å². The van der Waals surface area contributed by atoms with Crippen LogP contribution < -0.4 is 4.90 Å². The van der Waals surface area contributed by atoms with Crippen molar-refractivity contribution in [2.75, 3.05) is 31.6 Å². The summed E-state index contributed by atoms with van der Waals surface area (Å²) >= 11 is 0. The van der Waals surface area contributed by atoms with Gasteiger partial charge in [-0.2, -0.15) is 0 Å². The zero-order valence-electron chi connectivity index (χ0n) is 24.7. The molecule has 8 heteroatoms. The Hall–Kier alpha value is -3.75. The predicted octanol–water partition coefficient (Wildman–Crippen LogP) is 3.45. The topological polar surface area (TPSA) is 90.4 Å². The lowest BCUT2D eigenvalue weighted by molar-refractivity contribution is -0.146. The summed E-state index contributed by atoms with van der Waals surface area (Å²) in [5.74, 6) is -2.31. The second-order valence-electron chi connectivity index (χ2n) is 11.8. The zero-order chi connectivity index (χ0) is 30.2. The van der Waals surface area contributed by atoms with Crippen molar-refractivity contribution in [2.45, 2.75) is 56.9 Å². The van der Waals surface area contributed by atoms with Crippen LogP contribution in [-0.4, -0.2) is 83.2 Å². The molecule has 42 heavy (non-hydrogen) atoms. The number of nitrogens with zero attached hydrogens (tertiary/aromatic N) is 3. The van der Waals surface area contributed by atoms with Crippen LogP contribution in [0.4, 0.5) is 5.69 Å². The largest absolute Gasteiger partial charge is 0.394 e. The van der Waals surface area contributed by atoms with E-state index < -0.39 is 35.6 Å². The molecule has 3 heterocycles. The number of rotatable bonds is 11. The molecule has 0 aromatic heterocycles. The Morgan fingerprint density at radius 1 is 1.07 bits per heavy atom. The minimum atomic E-state index is -1.17. The average molecular weight is 572 g/mol. The number of carbonyl (C=O) groups is 3. The van der Waals surface area contributed by atoms with Crippen molar-refractivity contribution in [1.29, 1.82) is 0 Å². The molecule has 222 valence electrons. The Balaban J connectivity index is 1.63. The first kappa shape index (κ1) is 29.7. The van der Waals surface area contributed by atoms with Crippen molar-refractivity contribution in [3.63, 3.8) is 0 Å². The molecule has 2 bridgehead atoms. The van der Waals surface area contributed by atoms with Crippen molar-refractivity contribution < 1.29 is 24.2 Å². The molecule has 6 atom stereocenters. The van der Waals surface area contributed by atoms with Crippen LogP contribution in [0.1, 0.15) is 29.5 Å². The number of carbonyl (C=O) groups excluding carboxylic acids is 3. The molecule has 1 N–H and O–H groups in total. The molecular formula is C34H41N3O5. The van der Waals surface area contributed by atoms with Gasteiger partial charge in [-0.3, -0.25) is 14.4 Å². The number of fused-ring (bicyclic) bond motifs is 1. The molecule has 8 nitrogen and oxygen atoms in total. The van der Waals surface area contributed by atoms with Crippen molar-refractivity contribution in [2.24, 2.45) is 11.8 Å². The molecule has 0 saturated carbocycles. The van der Waals surface area contributed by atoms with Crippen molar-refractivity contribution >= 4 is 23.4 Å². The number of anilines is 1. The summed E-state index contributed by atoms with van der Waals surface area (Å²) in [5.41, 5.74) is 2.38. The summed E-state index contributed by atoms with van der Waals surface area (Å²) in [6, 6.07) is 13.8. The fourth-order valence-corrected chi connectivity index (χ4v) is 7.52. The van der Waals surface area contributed by atoms with Gasteiger partial charge in [-0.15, -0.1) is 13.2 Å². The van der Waals surface area contributed by atoms with Crippen LogP contribution in [0.15, 0.2) is 73.8 Å². The van der Waals surface area contributed by atoms with Crippen LogP contribution in [0.2, 0.25) is 0 Å². The van der Waals surface area contributed by atoms with Gasteiger partial charge in [0, 0.05) is 25.8 Å². The number of hydrogen-bond acceptors (Lipinski definition) is 5. The van der Waals surface area contributed by atoms with Gasteiger partial charge >= 0.3 is 0 Å². The first-order valence-corrected chi connectivity index (χ1v) is 14.7. The molecule has 2 unspecified atom stereocenters. The minimum absolute atomic E-state index is 0.186. The second kappa shape index (κ2) is 11.9. The third-order valence-corrected chi connectivity index (χ3v) is 9.24. The fraction of sp³-hybridized carbons (Fsp3) is 0.441. The van der Waals surface area contributed by atoms with Crippen molar-refractivity contribution in [3.05, 3.63) is 90.5 Å². The highest BCUT2D eigenvalue weighted by molar-refractivity contribution is 6.05. The molecule has 3 saturated heterocycles. The molecule has 3 aliphatic heterocycles. The number of para-hydroxylation sites is 1. The SMILES string of the molecule is C=CCN(C)C(=O)[C@@H]1[C@@H]2CCC3(O2)C(C(=O)N(CC=C)c2c(C)cccc2C)N([C@@H](CO)Cc2ccccc2)C(=O)[C@H]13. The van der Waals surface area contributed by atoms with Gasteiger partial charge in [0.05, 0.1) is 30.6 Å². The van der Waals surface area contributed by atoms with E-state index >= 15 is 0 Å². The first-order valence-electron chi connectivity index (χ1n) is 14.7. The lowest BCUT2D eigenvalue weighted by Crippen LogP contribution is -2.59. The summed E-state index contributed by atoms with van der Waals surface area (Å²) in [6.07, 6.45) is 4.29. The first-order chi connectivity index (χ1) is 20.2. The molecule has 1 spiro atoms. The smallest absolute Gasteiger partial charge is 0.253 e.